The first kappa shape index (κ1) is 76.5. The number of carbonyl (C=O) groups excluding carboxylic acids is 2. The van der Waals surface area contributed by atoms with E-state index in [4.69, 9.17) is 18.9 Å². The second-order valence-electron chi connectivity index (χ2n) is 24.5. The third-order valence-corrected chi connectivity index (χ3v) is 15.4. The molecule has 2 atom stereocenters. The van der Waals surface area contributed by atoms with E-state index in [1.165, 1.54) is 257 Å². The van der Waals surface area contributed by atoms with E-state index >= 15 is 0 Å². The molecule has 79 heavy (non-hydrogen) atoms. The molecule has 0 amide bonds. The van der Waals surface area contributed by atoms with Crippen molar-refractivity contribution in [2.24, 2.45) is 0 Å². The Labute approximate surface area is 490 Å². The average molecular weight is 1120 g/mol. The molecule has 0 saturated heterocycles. The molecule has 464 valence electrons. The number of ether oxygens (including phenoxy) is 4. The molecule has 0 saturated carbocycles. The van der Waals surface area contributed by atoms with Crippen molar-refractivity contribution in [3.63, 3.8) is 0 Å². The summed E-state index contributed by atoms with van der Waals surface area (Å²) in [4.78, 5) is 37.6. The second kappa shape index (κ2) is 61.6. The molecule has 0 rings (SSSR count). The van der Waals surface area contributed by atoms with E-state index < -0.39 is 18.4 Å². The molecular formula is C70H132NO8+. The molecule has 1 N–H and O–H groups in total. The van der Waals surface area contributed by atoms with E-state index in [1.807, 2.05) is 21.1 Å². The zero-order valence-corrected chi connectivity index (χ0v) is 53.1. The third kappa shape index (κ3) is 63.0. The summed E-state index contributed by atoms with van der Waals surface area (Å²) in [5.41, 5.74) is 0. The minimum Gasteiger partial charge on any atom is -0.477 e. The van der Waals surface area contributed by atoms with E-state index in [2.05, 4.69) is 50.3 Å². The van der Waals surface area contributed by atoms with Crippen molar-refractivity contribution < 1.29 is 42.9 Å². The minimum absolute atomic E-state index is 0.176. The summed E-state index contributed by atoms with van der Waals surface area (Å²) in [6.07, 6.45) is 73.9. The van der Waals surface area contributed by atoms with Gasteiger partial charge in [-0.05, 0) is 51.4 Å². The predicted molar refractivity (Wildman–Crippen MR) is 337 cm³/mol. The zero-order valence-electron chi connectivity index (χ0n) is 53.1. The maximum absolute atomic E-state index is 12.9. The number of nitrogens with zero attached hydrogens (tertiary/aromatic N) is 1. The molecule has 0 aromatic rings. The third-order valence-electron chi connectivity index (χ3n) is 15.4. The Hall–Kier alpha value is -2.49. The van der Waals surface area contributed by atoms with Crippen LogP contribution in [0.5, 0.6) is 0 Å². The van der Waals surface area contributed by atoms with E-state index in [-0.39, 0.29) is 38.2 Å². The van der Waals surface area contributed by atoms with Gasteiger partial charge in [0.15, 0.2) is 6.10 Å². The van der Waals surface area contributed by atoms with Crippen LogP contribution in [-0.2, 0) is 33.3 Å². The Balaban J connectivity index is 4.09. The molecule has 9 nitrogen and oxygen atoms in total. The SMILES string of the molecule is CCCCCCC/C=C\C/C=C\C/C=C\CCCCCCCCCCCCCCCCCCC(=O)OC(COC(=O)CCCCCCCCCCCCCCCCCCCCCCCCC)COC(OCC[N+](C)(C)C)C(=O)O. The Morgan fingerprint density at radius 1 is 0.380 bits per heavy atom. The molecule has 0 bridgehead atoms. The highest BCUT2D eigenvalue weighted by Gasteiger charge is 2.25. The highest BCUT2D eigenvalue weighted by Crippen LogP contribution is 2.18. The van der Waals surface area contributed by atoms with Crippen LogP contribution >= 0.6 is 0 Å². The summed E-state index contributed by atoms with van der Waals surface area (Å²) in [5, 5.41) is 9.74. The number of carboxylic acid groups (broad SMARTS) is 1. The van der Waals surface area contributed by atoms with Crippen molar-refractivity contribution in [1.82, 2.24) is 0 Å². The van der Waals surface area contributed by atoms with E-state index in [1.54, 1.807) is 0 Å². The zero-order chi connectivity index (χ0) is 57.6. The van der Waals surface area contributed by atoms with Gasteiger partial charge in [-0.1, -0.05) is 307 Å². The van der Waals surface area contributed by atoms with E-state index in [0.717, 1.165) is 51.4 Å². The number of carbonyl (C=O) groups is 3. The molecule has 0 aliphatic heterocycles. The number of hydrogen-bond donors (Lipinski definition) is 1. The van der Waals surface area contributed by atoms with Crippen molar-refractivity contribution in [3.05, 3.63) is 36.5 Å². The van der Waals surface area contributed by atoms with Gasteiger partial charge in [0.05, 0.1) is 34.4 Å². The van der Waals surface area contributed by atoms with Crippen LogP contribution in [0.3, 0.4) is 0 Å². The molecule has 0 fully saturated rings. The van der Waals surface area contributed by atoms with Gasteiger partial charge in [-0.3, -0.25) is 9.59 Å². The van der Waals surface area contributed by atoms with Gasteiger partial charge < -0.3 is 28.5 Å². The Kier molecular flexibility index (Phi) is 59.6. The van der Waals surface area contributed by atoms with Crippen LogP contribution in [0.25, 0.3) is 0 Å². The fourth-order valence-corrected chi connectivity index (χ4v) is 10.1. The van der Waals surface area contributed by atoms with Gasteiger partial charge in [0, 0.05) is 12.8 Å². The summed E-state index contributed by atoms with van der Waals surface area (Å²) in [6.45, 7) is 4.93. The number of likely N-dealkylation sites (N-methyl/N-ethyl adjacent to an activating group) is 1. The summed E-state index contributed by atoms with van der Waals surface area (Å²) in [7, 11) is 5.99. The topological polar surface area (TPSA) is 108 Å². The lowest BCUT2D eigenvalue weighted by molar-refractivity contribution is -0.870. The highest BCUT2D eigenvalue weighted by atomic mass is 16.7. The lowest BCUT2D eigenvalue weighted by atomic mass is 10.0. The molecule has 0 radical (unpaired) electrons. The molecule has 0 aliphatic rings. The molecule has 9 heteroatoms. The quantitative estimate of drug-likeness (QED) is 0.0211. The largest absolute Gasteiger partial charge is 0.477 e. The number of allylic oxidation sites excluding steroid dienone is 6. The minimum atomic E-state index is -1.51. The number of rotatable bonds is 64. The van der Waals surface area contributed by atoms with Crippen LogP contribution in [0.15, 0.2) is 36.5 Å². The van der Waals surface area contributed by atoms with Crippen molar-refractivity contribution >= 4 is 17.9 Å². The smallest absolute Gasteiger partial charge is 0.361 e. The predicted octanol–water partition coefficient (Wildman–Crippen LogP) is 20.8. The first-order chi connectivity index (χ1) is 38.6. The first-order valence-electron chi connectivity index (χ1n) is 34.2. The van der Waals surface area contributed by atoms with Crippen molar-refractivity contribution in [3.8, 4) is 0 Å². The van der Waals surface area contributed by atoms with Crippen molar-refractivity contribution in [1.29, 1.82) is 0 Å². The van der Waals surface area contributed by atoms with Gasteiger partial charge in [-0.25, -0.2) is 4.79 Å². The van der Waals surface area contributed by atoms with Crippen molar-refractivity contribution in [2.75, 3.05) is 47.5 Å². The summed E-state index contributed by atoms with van der Waals surface area (Å²) < 4.78 is 23.0. The highest BCUT2D eigenvalue weighted by molar-refractivity contribution is 5.71. The summed E-state index contributed by atoms with van der Waals surface area (Å²) in [6, 6.07) is 0. The van der Waals surface area contributed by atoms with Crippen LogP contribution in [-0.4, -0.2) is 87.4 Å². The molecule has 0 heterocycles. The fraction of sp³-hybridized carbons (Fsp3) is 0.871. The maximum Gasteiger partial charge on any atom is 0.361 e. The van der Waals surface area contributed by atoms with Gasteiger partial charge in [0.2, 0.25) is 0 Å². The average Bonchev–Trinajstić information content (AvgIpc) is 3.42. The Morgan fingerprint density at radius 2 is 0.684 bits per heavy atom. The normalized spacial score (nSPS) is 12.9. The summed E-state index contributed by atoms with van der Waals surface area (Å²) in [5.74, 6) is -1.98. The van der Waals surface area contributed by atoms with E-state index in [0.29, 0.717) is 17.4 Å². The Bertz CT molecular complexity index is 1390. The fourth-order valence-electron chi connectivity index (χ4n) is 10.1. The lowest BCUT2D eigenvalue weighted by Crippen LogP contribution is -2.40. The number of esters is 2. The van der Waals surface area contributed by atoms with Gasteiger partial charge in [-0.15, -0.1) is 0 Å². The van der Waals surface area contributed by atoms with Gasteiger partial charge >= 0.3 is 17.9 Å². The van der Waals surface area contributed by atoms with Crippen LogP contribution in [0.1, 0.15) is 335 Å². The van der Waals surface area contributed by atoms with Crippen LogP contribution in [0, 0.1) is 0 Å². The van der Waals surface area contributed by atoms with Gasteiger partial charge in [0.1, 0.15) is 13.2 Å². The second-order valence-corrected chi connectivity index (χ2v) is 24.5. The number of carboxylic acids is 1. The van der Waals surface area contributed by atoms with Crippen LogP contribution in [0.2, 0.25) is 0 Å². The van der Waals surface area contributed by atoms with Crippen molar-refractivity contribution in [2.45, 2.75) is 347 Å². The first-order valence-corrected chi connectivity index (χ1v) is 34.2. The number of quaternary nitrogens is 1. The maximum atomic E-state index is 12.9. The van der Waals surface area contributed by atoms with Crippen LogP contribution < -0.4 is 0 Å². The molecular weight excluding hydrogens is 983 g/mol. The molecule has 0 aromatic carbocycles. The monoisotopic (exact) mass is 1110 g/mol. The van der Waals surface area contributed by atoms with Gasteiger partial charge in [-0.2, -0.15) is 0 Å². The number of unbranched alkanes of at least 4 members (excludes halogenated alkanes) is 43. The molecule has 2 unspecified atom stereocenters. The molecule has 0 spiro atoms. The molecule has 0 aliphatic carbocycles. The lowest BCUT2D eigenvalue weighted by Gasteiger charge is -2.25. The Morgan fingerprint density at radius 3 is 1.01 bits per heavy atom. The van der Waals surface area contributed by atoms with Crippen LogP contribution in [0.4, 0.5) is 0 Å². The summed E-state index contributed by atoms with van der Waals surface area (Å²) >= 11 is 0. The van der Waals surface area contributed by atoms with Gasteiger partial charge in [0.25, 0.3) is 6.29 Å². The molecule has 0 aromatic heterocycles. The number of aliphatic carboxylic acids is 1. The van der Waals surface area contributed by atoms with E-state index in [9.17, 15) is 19.5 Å². The standard InChI is InChI=1S/C70H131NO8/c1-6-8-10-12-14-16-18-20-22-24-26-28-30-31-32-33-34-35-36-37-39-41-43-45-47-49-51-53-55-57-59-61-68(73)79-66(65-78-70(69(74)75)76-63-62-71(3,4)5)64-77-67(72)60-58-56-54-52-50-48-46-44-42-40-38-29-27-25-23-21-19-17-15-13-11-9-7-2/h18,20,24,26,30-31,66,70H,6-17,19,21-23,25,27-29,32-65H2,1-5H3/p+1/b20-18-,26-24-,31-30-. The number of hydrogen-bond acceptors (Lipinski definition) is 7.